The number of carbonyl (C=O) groups excluding carboxylic acids is 1. The molecule has 104 valence electrons. The van der Waals surface area contributed by atoms with Crippen LogP contribution < -0.4 is 0 Å². The third kappa shape index (κ3) is 4.33. The third-order valence-corrected chi connectivity index (χ3v) is 3.26. The zero-order valence-corrected chi connectivity index (χ0v) is 11.4. The second kappa shape index (κ2) is 7.26. The van der Waals surface area contributed by atoms with Crippen molar-refractivity contribution in [2.45, 2.75) is 25.6 Å². The number of rotatable bonds is 6. The fourth-order valence-corrected chi connectivity index (χ4v) is 2.09. The Bertz CT molecular complexity index is 388. The molecule has 1 aromatic carbocycles. The van der Waals surface area contributed by atoms with Crippen molar-refractivity contribution in [1.82, 2.24) is 4.90 Å². The first-order valence-electron chi connectivity index (χ1n) is 6.75. The van der Waals surface area contributed by atoms with Crippen LogP contribution >= 0.6 is 0 Å². The Hall–Kier alpha value is -1.39. The van der Waals surface area contributed by atoms with Gasteiger partial charge in [-0.25, -0.2) is 0 Å². The Morgan fingerprint density at radius 3 is 2.89 bits per heavy atom. The van der Waals surface area contributed by atoms with Crippen LogP contribution in [0.25, 0.3) is 0 Å². The van der Waals surface area contributed by atoms with E-state index in [9.17, 15) is 4.79 Å². The lowest BCUT2D eigenvalue weighted by atomic mass is 10.2. The van der Waals surface area contributed by atoms with Crippen LogP contribution in [0.1, 0.15) is 18.4 Å². The quantitative estimate of drug-likeness (QED) is 0.735. The van der Waals surface area contributed by atoms with Crippen molar-refractivity contribution in [2.75, 3.05) is 26.8 Å². The van der Waals surface area contributed by atoms with Crippen molar-refractivity contribution in [3.05, 3.63) is 35.9 Å². The molecule has 0 spiro atoms. The molecule has 1 fully saturated rings. The van der Waals surface area contributed by atoms with Crippen LogP contribution in [0.3, 0.4) is 0 Å². The highest BCUT2D eigenvalue weighted by atomic mass is 16.5. The molecule has 1 amide bonds. The van der Waals surface area contributed by atoms with Gasteiger partial charge in [-0.05, 0) is 18.4 Å². The molecule has 1 aliphatic heterocycles. The Kier molecular flexibility index (Phi) is 5.36. The minimum absolute atomic E-state index is 0.0702. The van der Waals surface area contributed by atoms with E-state index in [4.69, 9.17) is 9.47 Å². The van der Waals surface area contributed by atoms with Crippen LogP contribution in [0, 0.1) is 0 Å². The van der Waals surface area contributed by atoms with E-state index in [1.165, 1.54) is 0 Å². The summed E-state index contributed by atoms with van der Waals surface area (Å²) in [5.41, 5.74) is 1.15. The Balaban J connectivity index is 1.63. The van der Waals surface area contributed by atoms with Gasteiger partial charge in [-0.15, -0.1) is 0 Å². The van der Waals surface area contributed by atoms with Crippen LogP contribution in [0.15, 0.2) is 30.3 Å². The van der Waals surface area contributed by atoms with E-state index in [2.05, 4.69) is 0 Å². The van der Waals surface area contributed by atoms with Gasteiger partial charge < -0.3 is 14.4 Å². The molecule has 1 saturated heterocycles. The summed E-state index contributed by atoms with van der Waals surface area (Å²) in [5.74, 6) is 0.0702. The van der Waals surface area contributed by atoms with Crippen molar-refractivity contribution in [3.8, 4) is 0 Å². The molecule has 0 radical (unpaired) electrons. The number of hydrogen-bond donors (Lipinski definition) is 0. The highest BCUT2D eigenvalue weighted by molar-refractivity contribution is 5.80. The molecule has 19 heavy (non-hydrogen) atoms. The zero-order valence-electron chi connectivity index (χ0n) is 11.4. The van der Waals surface area contributed by atoms with Gasteiger partial charge in [0.2, 0.25) is 0 Å². The number of carbonyl (C=O) groups is 1. The molecule has 0 N–H and O–H groups in total. The van der Waals surface area contributed by atoms with Crippen LogP contribution in [0.5, 0.6) is 0 Å². The minimum atomic E-state index is -0.237. The van der Waals surface area contributed by atoms with Crippen molar-refractivity contribution in [1.29, 1.82) is 0 Å². The molecule has 0 aliphatic carbocycles. The molecule has 1 unspecified atom stereocenters. The van der Waals surface area contributed by atoms with Crippen molar-refractivity contribution in [2.24, 2.45) is 0 Å². The molecule has 2 rings (SSSR count). The second-order valence-corrected chi connectivity index (χ2v) is 4.80. The summed E-state index contributed by atoms with van der Waals surface area (Å²) >= 11 is 0. The van der Waals surface area contributed by atoms with Crippen LogP contribution in [0.4, 0.5) is 0 Å². The Morgan fingerprint density at radius 2 is 2.21 bits per heavy atom. The van der Waals surface area contributed by atoms with Crippen molar-refractivity contribution < 1.29 is 14.3 Å². The number of likely N-dealkylation sites (N-methyl/N-ethyl adjacent to an activating group) is 1. The summed E-state index contributed by atoms with van der Waals surface area (Å²) in [5, 5.41) is 0. The number of hydrogen-bond acceptors (Lipinski definition) is 3. The summed E-state index contributed by atoms with van der Waals surface area (Å²) < 4.78 is 10.9. The fourth-order valence-electron chi connectivity index (χ4n) is 2.09. The molecule has 4 nitrogen and oxygen atoms in total. The fraction of sp³-hybridized carbons (Fsp3) is 0.533. The SMILES string of the molecule is CN(CCOCc1ccccc1)C(=O)C1CCCO1. The molecule has 0 aromatic heterocycles. The van der Waals surface area contributed by atoms with Gasteiger partial charge in [0.15, 0.2) is 0 Å². The molecule has 0 bridgehead atoms. The minimum Gasteiger partial charge on any atom is -0.375 e. The molecule has 0 saturated carbocycles. The Labute approximate surface area is 114 Å². The van der Waals surface area contributed by atoms with Crippen molar-refractivity contribution in [3.63, 3.8) is 0 Å². The number of nitrogens with zero attached hydrogens (tertiary/aromatic N) is 1. The number of ether oxygens (including phenoxy) is 2. The van der Waals surface area contributed by atoms with Crippen LogP contribution in [0.2, 0.25) is 0 Å². The summed E-state index contributed by atoms with van der Waals surface area (Å²) in [6.45, 7) is 2.44. The van der Waals surface area contributed by atoms with E-state index in [0.29, 0.717) is 26.4 Å². The van der Waals surface area contributed by atoms with Gasteiger partial charge in [0.1, 0.15) is 6.10 Å². The molecule has 1 heterocycles. The van der Waals surface area contributed by atoms with Gasteiger partial charge in [-0.3, -0.25) is 4.79 Å². The Morgan fingerprint density at radius 1 is 1.42 bits per heavy atom. The summed E-state index contributed by atoms with van der Waals surface area (Å²) in [6, 6.07) is 10.0. The van der Waals surface area contributed by atoms with Gasteiger partial charge in [0, 0.05) is 20.2 Å². The van der Waals surface area contributed by atoms with Crippen LogP contribution in [-0.2, 0) is 20.9 Å². The lowest BCUT2D eigenvalue weighted by molar-refractivity contribution is -0.140. The molecule has 4 heteroatoms. The van der Waals surface area contributed by atoms with Gasteiger partial charge in [-0.1, -0.05) is 30.3 Å². The maximum absolute atomic E-state index is 12.0. The lowest BCUT2D eigenvalue weighted by Gasteiger charge is -2.20. The molecule has 1 aromatic rings. The molecule has 1 atom stereocenters. The summed E-state index contributed by atoms with van der Waals surface area (Å²) in [6.07, 6.45) is 1.59. The van der Waals surface area contributed by atoms with Gasteiger partial charge in [0.25, 0.3) is 5.91 Å². The van der Waals surface area contributed by atoms with E-state index >= 15 is 0 Å². The highest BCUT2D eigenvalue weighted by Gasteiger charge is 2.25. The third-order valence-electron chi connectivity index (χ3n) is 3.26. The molecule has 1 aliphatic rings. The average molecular weight is 263 g/mol. The van der Waals surface area contributed by atoms with Crippen molar-refractivity contribution >= 4 is 5.91 Å². The normalized spacial score (nSPS) is 18.5. The number of benzene rings is 1. The maximum atomic E-state index is 12.0. The van der Waals surface area contributed by atoms with Crippen LogP contribution in [-0.4, -0.2) is 43.7 Å². The zero-order chi connectivity index (χ0) is 13.5. The lowest BCUT2D eigenvalue weighted by Crippen LogP contribution is -2.37. The van der Waals surface area contributed by atoms with E-state index in [-0.39, 0.29) is 12.0 Å². The molecular weight excluding hydrogens is 242 g/mol. The smallest absolute Gasteiger partial charge is 0.251 e. The van der Waals surface area contributed by atoms with Gasteiger partial charge in [-0.2, -0.15) is 0 Å². The number of amides is 1. The van der Waals surface area contributed by atoms with E-state index in [1.54, 1.807) is 11.9 Å². The monoisotopic (exact) mass is 263 g/mol. The first-order valence-corrected chi connectivity index (χ1v) is 6.75. The summed E-state index contributed by atoms with van der Waals surface area (Å²) in [7, 11) is 1.80. The van der Waals surface area contributed by atoms with Gasteiger partial charge in [0.05, 0.1) is 13.2 Å². The molecular formula is C15H21NO3. The maximum Gasteiger partial charge on any atom is 0.251 e. The largest absolute Gasteiger partial charge is 0.375 e. The topological polar surface area (TPSA) is 38.8 Å². The first kappa shape index (κ1) is 14.0. The predicted octanol–water partition coefficient (Wildman–Crippen LogP) is 1.84. The van der Waals surface area contributed by atoms with E-state index < -0.39 is 0 Å². The second-order valence-electron chi connectivity index (χ2n) is 4.80. The first-order chi connectivity index (χ1) is 9.27. The highest BCUT2D eigenvalue weighted by Crippen LogP contribution is 2.13. The van der Waals surface area contributed by atoms with E-state index in [1.807, 2.05) is 30.3 Å². The summed E-state index contributed by atoms with van der Waals surface area (Å²) in [4.78, 5) is 13.7. The predicted molar refractivity (Wildman–Crippen MR) is 72.7 cm³/mol. The van der Waals surface area contributed by atoms with Gasteiger partial charge >= 0.3 is 0 Å². The van der Waals surface area contributed by atoms with E-state index in [0.717, 1.165) is 18.4 Å². The average Bonchev–Trinajstić information content (AvgIpc) is 2.98. The standard InChI is InChI=1S/C15H21NO3/c1-16(15(17)14-8-5-10-19-14)9-11-18-12-13-6-3-2-4-7-13/h2-4,6-7,14H,5,8-12H2,1H3.